The molecular weight excluding hydrogens is 363 g/mol. The van der Waals surface area contributed by atoms with E-state index in [1.807, 2.05) is 0 Å². The molecule has 0 bridgehead atoms. The maximum absolute atomic E-state index is 13.2. The number of nitrogens with zero attached hydrogens (tertiary/aromatic N) is 2. The van der Waals surface area contributed by atoms with E-state index in [4.69, 9.17) is 0 Å². The Kier molecular flexibility index (Phi) is 4.86. The summed E-state index contributed by atoms with van der Waals surface area (Å²) in [6.45, 7) is 0. The first kappa shape index (κ1) is 18.2. The molecule has 1 heterocycles. The lowest BCUT2D eigenvalue weighted by Gasteiger charge is -2.09. The van der Waals surface area contributed by atoms with Crippen molar-refractivity contribution in [1.29, 1.82) is 0 Å². The minimum absolute atomic E-state index is 0.308. The van der Waals surface area contributed by atoms with Gasteiger partial charge in [-0.25, -0.2) is 4.68 Å². The summed E-state index contributed by atoms with van der Waals surface area (Å²) in [5.41, 5.74) is 1.25. The molecular formula is C18H16F3N3OS. The van der Waals surface area contributed by atoms with E-state index in [1.165, 1.54) is 4.68 Å². The molecule has 3 rings (SSSR count). The third kappa shape index (κ3) is 3.65. The highest BCUT2D eigenvalue weighted by Crippen LogP contribution is 2.33. The average Bonchev–Trinajstić information content (AvgIpc) is 3.07. The molecule has 0 amide bonds. The van der Waals surface area contributed by atoms with Crippen LogP contribution in [0.2, 0.25) is 0 Å². The Bertz CT molecular complexity index is 932. The topological polar surface area (TPSA) is 46.9 Å². The van der Waals surface area contributed by atoms with Gasteiger partial charge in [-0.1, -0.05) is 12.1 Å². The van der Waals surface area contributed by atoms with Gasteiger partial charge >= 0.3 is 6.18 Å². The largest absolute Gasteiger partial charge is 0.435 e. The normalized spacial score (nSPS) is 12.8. The predicted octanol–water partition coefficient (Wildman–Crippen LogP) is 4.34. The average molecular weight is 379 g/mol. The Morgan fingerprint density at radius 2 is 1.65 bits per heavy atom. The second kappa shape index (κ2) is 6.95. The van der Waals surface area contributed by atoms with Gasteiger partial charge in [0.15, 0.2) is 5.69 Å². The van der Waals surface area contributed by atoms with Gasteiger partial charge in [0.05, 0.1) is 11.4 Å². The zero-order chi connectivity index (χ0) is 18.9. The van der Waals surface area contributed by atoms with Crippen LogP contribution in [0.3, 0.4) is 0 Å². The minimum Gasteiger partial charge on any atom is -0.388 e. The molecule has 1 N–H and O–H groups in total. The predicted molar refractivity (Wildman–Crippen MR) is 95.9 cm³/mol. The Morgan fingerprint density at radius 1 is 1.04 bits per heavy atom. The first-order valence-corrected chi connectivity index (χ1v) is 9.24. The summed E-state index contributed by atoms with van der Waals surface area (Å²) >= 11 is 0. The van der Waals surface area contributed by atoms with E-state index in [2.05, 4.69) is 10.4 Å². The number of rotatable bonds is 4. The zero-order valence-corrected chi connectivity index (χ0v) is 14.9. The fourth-order valence-electron chi connectivity index (χ4n) is 2.51. The summed E-state index contributed by atoms with van der Waals surface area (Å²) in [6, 6.07) is 14.5. The van der Waals surface area contributed by atoms with Crippen LogP contribution < -0.4 is 5.32 Å². The van der Waals surface area contributed by atoms with E-state index in [1.54, 1.807) is 61.8 Å². The Morgan fingerprint density at radius 3 is 2.15 bits per heavy atom. The van der Waals surface area contributed by atoms with Gasteiger partial charge < -0.3 is 5.32 Å². The third-order valence-corrected chi connectivity index (χ3v) is 4.82. The summed E-state index contributed by atoms with van der Waals surface area (Å²) in [5, 5.41) is 6.71. The van der Waals surface area contributed by atoms with Gasteiger partial charge in [-0.3, -0.25) is 4.21 Å². The highest BCUT2D eigenvalue weighted by Gasteiger charge is 2.35. The molecule has 0 aliphatic rings. The van der Waals surface area contributed by atoms with E-state index in [0.29, 0.717) is 21.8 Å². The van der Waals surface area contributed by atoms with Gasteiger partial charge in [0.1, 0.15) is 0 Å². The summed E-state index contributed by atoms with van der Waals surface area (Å²) in [5.74, 6) is 0. The second-order valence-electron chi connectivity index (χ2n) is 5.60. The van der Waals surface area contributed by atoms with E-state index in [9.17, 15) is 17.4 Å². The molecule has 0 fully saturated rings. The molecule has 1 aromatic heterocycles. The number of alkyl halides is 3. The monoisotopic (exact) mass is 379 g/mol. The molecule has 0 aliphatic heterocycles. The third-order valence-electron chi connectivity index (χ3n) is 3.88. The molecule has 26 heavy (non-hydrogen) atoms. The Balaban J connectivity index is 2.13. The van der Waals surface area contributed by atoms with Crippen molar-refractivity contribution in [2.75, 3.05) is 18.6 Å². The summed E-state index contributed by atoms with van der Waals surface area (Å²) < 4.78 is 52.3. The van der Waals surface area contributed by atoms with Gasteiger partial charge in [0, 0.05) is 40.2 Å². The number of hydrogen-bond donors (Lipinski definition) is 1. The van der Waals surface area contributed by atoms with Crippen molar-refractivity contribution in [3.63, 3.8) is 0 Å². The summed E-state index contributed by atoms with van der Waals surface area (Å²) in [4.78, 5) is 0.606. The molecule has 3 aromatic rings. The summed E-state index contributed by atoms with van der Waals surface area (Å²) in [7, 11) is 0.602. The van der Waals surface area contributed by atoms with Crippen molar-refractivity contribution in [3.05, 3.63) is 60.3 Å². The molecule has 0 saturated carbocycles. The lowest BCUT2D eigenvalue weighted by atomic mass is 10.1. The minimum atomic E-state index is -4.55. The number of halogens is 3. The molecule has 136 valence electrons. The molecule has 0 spiro atoms. The molecule has 2 aromatic carbocycles. The molecule has 1 unspecified atom stereocenters. The number of nitrogens with one attached hydrogen (secondary N) is 1. The van der Waals surface area contributed by atoms with Crippen LogP contribution in [0.15, 0.2) is 59.5 Å². The molecule has 0 radical (unpaired) electrons. The van der Waals surface area contributed by atoms with Crippen LogP contribution in [-0.4, -0.2) is 27.3 Å². The van der Waals surface area contributed by atoms with E-state index in [0.717, 1.165) is 11.8 Å². The maximum Gasteiger partial charge on any atom is 0.435 e. The quantitative estimate of drug-likeness (QED) is 0.734. The zero-order valence-electron chi connectivity index (χ0n) is 14.0. The molecule has 8 heteroatoms. The van der Waals surface area contributed by atoms with Gasteiger partial charge in [-0.2, -0.15) is 18.3 Å². The fourth-order valence-corrected chi connectivity index (χ4v) is 3.03. The second-order valence-corrected chi connectivity index (χ2v) is 6.98. The van der Waals surface area contributed by atoms with E-state index in [-0.39, 0.29) is 0 Å². The van der Waals surface area contributed by atoms with Gasteiger partial charge in [-0.15, -0.1) is 0 Å². The highest BCUT2D eigenvalue weighted by molar-refractivity contribution is 7.84. The molecule has 4 nitrogen and oxygen atoms in total. The molecule has 0 aliphatic carbocycles. The highest BCUT2D eigenvalue weighted by atomic mass is 32.2. The first-order chi connectivity index (χ1) is 12.3. The van der Waals surface area contributed by atoms with Crippen molar-refractivity contribution in [2.45, 2.75) is 11.1 Å². The first-order valence-electron chi connectivity index (χ1n) is 7.69. The van der Waals surface area contributed by atoms with Crippen LogP contribution in [0, 0.1) is 0 Å². The standard InChI is InChI=1S/C18H16F3N3OS/c1-22-13-5-7-14(8-6-13)24-16(11-17(23-24)18(19,20)21)12-3-9-15(10-4-12)26(2)25/h3-11,22H,1-2H3. The van der Waals surface area contributed by atoms with Crippen LogP contribution in [0.1, 0.15) is 5.69 Å². The van der Waals surface area contributed by atoms with Crippen molar-refractivity contribution in [3.8, 4) is 16.9 Å². The lowest BCUT2D eigenvalue weighted by Crippen LogP contribution is -2.07. The van der Waals surface area contributed by atoms with Gasteiger partial charge in [0.2, 0.25) is 0 Å². The van der Waals surface area contributed by atoms with Crippen LogP contribution in [0.4, 0.5) is 18.9 Å². The maximum atomic E-state index is 13.2. The van der Waals surface area contributed by atoms with Gasteiger partial charge in [-0.05, 0) is 42.5 Å². The van der Waals surface area contributed by atoms with E-state index >= 15 is 0 Å². The van der Waals surface area contributed by atoms with Crippen LogP contribution in [0.25, 0.3) is 16.9 Å². The van der Waals surface area contributed by atoms with Crippen molar-refractivity contribution in [2.24, 2.45) is 0 Å². The van der Waals surface area contributed by atoms with Crippen molar-refractivity contribution in [1.82, 2.24) is 9.78 Å². The smallest absolute Gasteiger partial charge is 0.388 e. The number of hydrogen-bond acceptors (Lipinski definition) is 3. The lowest BCUT2D eigenvalue weighted by molar-refractivity contribution is -0.141. The SMILES string of the molecule is CNc1ccc(-n2nc(C(F)(F)F)cc2-c2ccc(S(C)=O)cc2)cc1. The molecule has 0 saturated heterocycles. The van der Waals surface area contributed by atoms with Crippen LogP contribution in [-0.2, 0) is 17.0 Å². The number of aromatic nitrogens is 2. The number of benzene rings is 2. The fraction of sp³-hybridized carbons (Fsp3) is 0.167. The Hall–Kier alpha value is -2.61. The van der Waals surface area contributed by atoms with E-state index < -0.39 is 22.7 Å². The Labute approximate surface area is 151 Å². The van der Waals surface area contributed by atoms with Gasteiger partial charge in [0.25, 0.3) is 0 Å². The summed E-state index contributed by atoms with van der Waals surface area (Å²) in [6.07, 6.45) is -3.00. The van der Waals surface area contributed by atoms with Crippen molar-refractivity contribution >= 4 is 16.5 Å². The van der Waals surface area contributed by atoms with Crippen LogP contribution in [0.5, 0.6) is 0 Å². The number of anilines is 1. The molecule has 1 atom stereocenters. The van der Waals surface area contributed by atoms with Crippen molar-refractivity contribution < 1.29 is 17.4 Å². The van der Waals surface area contributed by atoms with Crippen LogP contribution >= 0.6 is 0 Å².